The van der Waals surface area contributed by atoms with E-state index in [1.165, 1.54) is 0 Å². The fraction of sp³-hybridized carbons (Fsp3) is 0.500. The van der Waals surface area contributed by atoms with Crippen molar-refractivity contribution in [2.75, 3.05) is 0 Å². The summed E-state index contributed by atoms with van der Waals surface area (Å²) in [6.45, 7) is 19.5. The number of fused-ring (bicyclic) bond motifs is 1. The van der Waals surface area contributed by atoms with Crippen LogP contribution in [0.5, 0.6) is 5.75 Å². The number of ether oxygens (including phenoxy) is 1. The monoisotopic (exact) mass is 408 g/mol. The third-order valence-electron chi connectivity index (χ3n) is 5.97. The van der Waals surface area contributed by atoms with Crippen LogP contribution in [0.15, 0.2) is 36.4 Å². The minimum Gasteiger partial charge on any atom is -0.424 e. The summed E-state index contributed by atoms with van der Waals surface area (Å²) in [4.78, 5) is 12.7. The Morgan fingerprint density at radius 1 is 0.897 bits per heavy atom. The molecular formula is C26H36O2Si. The number of hydrogen-bond donors (Lipinski definition) is 0. The largest absolute Gasteiger partial charge is 0.424 e. The second-order valence-electron chi connectivity index (χ2n) is 9.95. The van der Waals surface area contributed by atoms with Gasteiger partial charge in [-0.15, -0.1) is 5.54 Å². The van der Waals surface area contributed by atoms with Gasteiger partial charge in [0.1, 0.15) is 8.07 Å². The second kappa shape index (κ2) is 8.75. The van der Waals surface area contributed by atoms with Crippen LogP contribution in [0, 0.1) is 16.9 Å². The Labute approximate surface area is 178 Å². The number of rotatable bonds is 4. The van der Waals surface area contributed by atoms with E-state index in [9.17, 15) is 4.79 Å². The van der Waals surface area contributed by atoms with E-state index in [1.54, 1.807) is 0 Å². The minimum atomic E-state index is -1.88. The SMILES string of the molecule is CC(C)[Si](C#Cc1ccc2ccccc2c1OC(=O)C(C)(C)C)(C(C)C)C(C)C. The molecule has 2 aromatic rings. The van der Waals surface area contributed by atoms with E-state index in [4.69, 9.17) is 4.74 Å². The van der Waals surface area contributed by atoms with Crippen molar-refractivity contribution in [2.45, 2.75) is 78.9 Å². The number of carbonyl (C=O) groups is 1. The molecule has 0 fully saturated rings. The summed E-state index contributed by atoms with van der Waals surface area (Å²) in [5, 5.41) is 1.98. The summed E-state index contributed by atoms with van der Waals surface area (Å²) in [7, 11) is -1.88. The van der Waals surface area contributed by atoms with Gasteiger partial charge < -0.3 is 4.74 Å². The van der Waals surface area contributed by atoms with Crippen molar-refractivity contribution in [3.05, 3.63) is 42.0 Å². The van der Waals surface area contributed by atoms with Crippen LogP contribution >= 0.6 is 0 Å². The first-order valence-electron chi connectivity index (χ1n) is 10.7. The summed E-state index contributed by atoms with van der Waals surface area (Å²) in [5.41, 5.74) is 5.65. The average molecular weight is 409 g/mol. The van der Waals surface area contributed by atoms with Crippen LogP contribution in [0.3, 0.4) is 0 Å². The molecule has 3 heteroatoms. The Kier molecular flexibility index (Phi) is 7.01. The van der Waals surface area contributed by atoms with Crippen LogP contribution in [-0.2, 0) is 4.79 Å². The van der Waals surface area contributed by atoms with E-state index in [2.05, 4.69) is 59.1 Å². The zero-order valence-electron chi connectivity index (χ0n) is 19.5. The standard InChI is InChI=1S/C26H36O2Si/c1-18(2)29(19(3)4,20(5)6)17-16-22-15-14-21-12-10-11-13-23(21)24(22)28-25(27)26(7,8)9/h10-15,18-20H,1-9H3. The first-order valence-corrected chi connectivity index (χ1v) is 12.9. The molecule has 0 N–H and O–H groups in total. The van der Waals surface area contributed by atoms with Gasteiger partial charge >= 0.3 is 5.97 Å². The molecule has 0 aromatic heterocycles. The number of carbonyl (C=O) groups excluding carboxylic acids is 1. The van der Waals surface area contributed by atoms with Crippen molar-refractivity contribution in [2.24, 2.45) is 5.41 Å². The predicted octanol–water partition coefficient (Wildman–Crippen LogP) is 7.36. The highest BCUT2D eigenvalue weighted by atomic mass is 28.3. The van der Waals surface area contributed by atoms with Crippen LogP contribution in [0.25, 0.3) is 10.8 Å². The molecule has 0 spiro atoms. The Balaban J connectivity index is 2.69. The molecule has 0 radical (unpaired) electrons. The number of esters is 1. The van der Waals surface area contributed by atoms with Gasteiger partial charge in [-0.05, 0) is 48.8 Å². The summed E-state index contributed by atoms with van der Waals surface area (Å²) < 4.78 is 5.94. The molecule has 0 aliphatic rings. The zero-order valence-corrected chi connectivity index (χ0v) is 20.5. The van der Waals surface area contributed by atoms with Gasteiger partial charge in [0.25, 0.3) is 0 Å². The average Bonchev–Trinajstić information content (AvgIpc) is 2.61. The first-order chi connectivity index (χ1) is 13.4. The number of hydrogen-bond acceptors (Lipinski definition) is 2. The van der Waals surface area contributed by atoms with Crippen molar-refractivity contribution in [3.8, 4) is 17.2 Å². The maximum atomic E-state index is 12.7. The fourth-order valence-corrected chi connectivity index (χ4v) is 9.52. The Bertz CT molecular complexity index is 915. The summed E-state index contributed by atoms with van der Waals surface area (Å²) in [5.74, 6) is 3.84. The van der Waals surface area contributed by atoms with Crippen molar-refractivity contribution < 1.29 is 9.53 Å². The van der Waals surface area contributed by atoms with Crippen molar-refractivity contribution in [1.29, 1.82) is 0 Å². The van der Waals surface area contributed by atoms with Gasteiger partial charge in [-0.1, -0.05) is 77.8 Å². The highest BCUT2D eigenvalue weighted by molar-refractivity contribution is 6.90. The molecule has 2 nitrogen and oxygen atoms in total. The maximum Gasteiger partial charge on any atom is 0.316 e. The van der Waals surface area contributed by atoms with Gasteiger partial charge in [0.15, 0.2) is 5.75 Å². The fourth-order valence-electron chi connectivity index (χ4n) is 4.31. The van der Waals surface area contributed by atoms with Gasteiger partial charge in [0.05, 0.1) is 11.0 Å². The van der Waals surface area contributed by atoms with Gasteiger partial charge in [-0.25, -0.2) is 0 Å². The predicted molar refractivity (Wildman–Crippen MR) is 127 cm³/mol. The lowest BCUT2D eigenvalue weighted by atomic mass is 9.97. The van der Waals surface area contributed by atoms with Crippen LogP contribution in [0.1, 0.15) is 67.9 Å². The second-order valence-corrected chi connectivity index (χ2v) is 15.5. The highest BCUT2D eigenvalue weighted by Crippen LogP contribution is 2.41. The molecule has 0 aliphatic heterocycles. The normalized spacial score (nSPS) is 12.4. The lowest BCUT2D eigenvalue weighted by Crippen LogP contribution is -2.43. The third-order valence-corrected chi connectivity index (χ3v) is 12.3. The van der Waals surface area contributed by atoms with Crippen LogP contribution in [-0.4, -0.2) is 14.0 Å². The van der Waals surface area contributed by atoms with Gasteiger partial charge in [0, 0.05) is 5.39 Å². The first kappa shape index (κ1) is 23.2. The number of benzene rings is 2. The smallest absolute Gasteiger partial charge is 0.316 e. The minimum absolute atomic E-state index is 0.239. The van der Waals surface area contributed by atoms with Crippen molar-refractivity contribution in [1.82, 2.24) is 0 Å². The van der Waals surface area contributed by atoms with E-state index in [0.717, 1.165) is 16.3 Å². The van der Waals surface area contributed by atoms with E-state index < -0.39 is 13.5 Å². The molecule has 0 bridgehead atoms. The molecule has 0 unspecified atom stereocenters. The van der Waals surface area contributed by atoms with Crippen LogP contribution in [0.4, 0.5) is 0 Å². The molecule has 2 rings (SSSR count). The third kappa shape index (κ3) is 4.75. The van der Waals surface area contributed by atoms with E-state index in [1.807, 2.05) is 51.1 Å². The van der Waals surface area contributed by atoms with Gasteiger partial charge in [0.2, 0.25) is 0 Å². The Hall–Kier alpha value is -2.05. The van der Waals surface area contributed by atoms with Crippen molar-refractivity contribution >= 4 is 24.8 Å². The molecule has 156 valence electrons. The topological polar surface area (TPSA) is 26.3 Å². The Morgan fingerprint density at radius 2 is 1.45 bits per heavy atom. The summed E-state index contributed by atoms with van der Waals surface area (Å²) in [6, 6.07) is 12.1. The van der Waals surface area contributed by atoms with E-state index in [0.29, 0.717) is 22.4 Å². The maximum absolute atomic E-state index is 12.7. The highest BCUT2D eigenvalue weighted by Gasteiger charge is 2.41. The summed E-state index contributed by atoms with van der Waals surface area (Å²) >= 11 is 0. The molecule has 29 heavy (non-hydrogen) atoms. The van der Waals surface area contributed by atoms with Gasteiger partial charge in [-0.2, -0.15) is 0 Å². The lowest BCUT2D eigenvalue weighted by molar-refractivity contribution is -0.142. The summed E-state index contributed by atoms with van der Waals surface area (Å²) in [6.07, 6.45) is 0. The van der Waals surface area contributed by atoms with Crippen LogP contribution < -0.4 is 4.74 Å². The Morgan fingerprint density at radius 3 is 1.97 bits per heavy atom. The molecular weight excluding hydrogens is 372 g/mol. The molecule has 0 saturated carbocycles. The zero-order chi connectivity index (χ0) is 22.0. The molecule has 0 saturated heterocycles. The van der Waals surface area contributed by atoms with Crippen LogP contribution in [0.2, 0.25) is 16.6 Å². The quantitative estimate of drug-likeness (QED) is 0.229. The molecule has 0 heterocycles. The lowest BCUT2D eigenvalue weighted by Gasteiger charge is -2.38. The van der Waals surface area contributed by atoms with E-state index in [-0.39, 0.29) is 5.97 Å². The van der Waals surface area contributed by atoms with Crippen molar-refractivity contribution in [3.63, 3.8) is 0 Å². The molecule has 2 aromatic carbocycles. The molecule has 0 amide bonds. The van der Waals surface area contributed by atoms with Gasteiger partial charge in [-0.3, -0.25) is 4.79 Å². The molecule has 0 aliphatic carbocycles. The van der Waals surface area contributed by atoms with E-state index >= 15 is 0 Å². The molecule has 0 atom stereocenters.